The summed E-state index contributed by atoms with van der Waals surface area (Å²) >= 11 is 6.11. The van der Waals surface area contributed by atoms with Crippen LogP contribution in [0.15, 0.2) is 35.5 Å². The van der Waals surface area contributed by atoms with Crippen LogP contribution in [0.5, 0.6) is 0 Å². The van der Waals surface area contributed by atoms with Crippen LogP contribution in [0.3, 0.4) is 0 Å². The molecule has 7 nitrogen and oxygen atoms in total. The number of pyridine rings is 1. The quantitative estimate of drug-likeness (QED) is 0.748. The molecule has 0 unspecified atom stereocenters. The molecule has 0 radical (unpaired) electrons. The van der Waals surface area contributed by atoms with Crippen molar-refractivity contribution in [3.8, 4) is 0 Å². The van der Waals surface area contributed by atoms with Gasteiger partial charge in [0.15, 0.2) is 9.84 Å². The number of anilines is 1. The lowest BCUT2D eigenvalue weighted by Gasteiger charge is -2.28. The van der Waals surface area contributed by atoms with Crippen LogP contribution >= 0.6 is 11.6 Å². The van der Waals surface area contributed by atoms with Crippen LogP contribution in [0, 0.1) is 0 Å². The maximum atomic E-state index is 13.2. The lowest BCUT2D eigenvalue weighted by molar-refractivity contribution is 0.122. The first-order valence-electron chi connectivity index (χ1n) is 8.05. The van der Waals surface area contributed by atoms with Crippen LogP contribution in [0.1, 0.15) is 18.5 Å². The van der Waals surface area contributed by atoms with E-state index in [-0.39, 0.29) is 10.2 Å². The summed E-state index contributed by atoms with van der Waals surface area (Å²) in [5.74, 6) is 0.648. The van der Waals surface area contributed by atoms with Crippen molar-refractivity contribution in [2.45, 2.75) is 22.5 Å². The van der Waals surface area contributed by atoms with Crippen molar-refractivity contribution in [2.24, 2.45) is 0 Å². The zero-order chi connectivity index (χ0) is 17.5. The van der Waals surface area contributed by atoms with Crippen LogP contribution in [0.4, 0.5) is 5.82 Å². The highest BCUT2D eigenvalue weighted by Gasteiger charge is 2.58. The Morgan fingerprint density at radius 1 is 1.12 bits per heavy atom. The van der Waals surface area contributed by atoms with Crippen molar-refractivity contribution in [1.29, 1.82) is 0 Å². The molecule has 132 valence electrons. The summed E-state index contributed by atoms with van der Waals surface area (Å²) in [6, 6.07) is 4.78. The van der Waals surface area contributed by atoms with Gasteiger partial charge in [-0.2, -0.15) is 0 Å². The minimum Gasteiger partial charge on any atom is -0.378 e. The average Bonchev–Trinajstić information content (AvgIpc) is 3.45. The number of morpholine rings is 1. The summed E-state index contributed by atoms with van der Waals surface area (Å²) in [6.07, 6.45) is 4.01. The maximum absolute atomic E-state index is 13.2. The highest BCUT2D eigenvalue weighted by Crippen LogP contribution is 2.54. The monoisotopic (exact) mass is 380 g/mol. The van der Waals surface area contributed by atoms with E-state index in [2.05, 4.69) is 15.0 Å². The summed E-state index contributed by atoms with van der Waals surface area (Å²) in [4.78, 5) is 14.7. The second-order valence-electron chi connectivity index (χ2n) is 6.16. The van der Waals surface area contributed by atoms with E-state index in [1.165, 1.54) is 24.5 Å². The SMILES string of the molecule is O=S(=O)(c1ccncc1)C1(c2cc(N3CCOCC3)nc(Cl)n2)CC1. The molecule has 0 atom stereocenters. The zero-order valence-corrected chi connectivity index (χ0v) is 15.0. The summed E-state index contributed by atoms with van der Waals surface area (Å²) in [5, 5.41) is 0.0650. The maximum Gasteiger partial charge on any atom is 0.224 e. The molecule has 1 saturated carbocycles. The van der Waals surface area contributed by atoms with Gasteiger partial charge in [-0.25, -0.2) is 18.4 Å². The third-order valence-corrected chi connectivity index (χ3v) is 7.37. The summed E-state index contributed by atoms with van der Waals surface area (Å²) in [6.45, 7) is 2.60. The molecule has 4 rings (SSSR count). The molecule has 0 N–H and O–H groups in total. The molecule has 9 heteroatoms. The van der Waals surface area contributed by atoms with E-state index in [4.69, 9.17) is 16.3 Å². The Bertz CT molecular complexity index is 882. The second-order valence-corrected chi connectivity index (χ2v) is 8.76. The first-order chi connectivity index (χ1) is 12.0. The lowest BCUT2D eigenvalue weighted by atomic mass is 10.2. The predicted octanol–water partition coefficient (Wildman–Crippen LogP) is 1.82. The molecule has 25 heavy (non-hydrogen) atoms. The Balaban J connectivity index is 1.75. The van der Waals surface area contributed by atoms with Crippen molar-refractivity contribution >= 4 is 27.3 Å². The van der Waals surface area contributed by atoms with Crippen LogP contribution in [-0.4, -0.2) is 49.7 Å². The van der Waals surface area contributed by atoms with E-state index < -0.39 is 14.6 Å². The molecule has 0 spiro atoms. The standard InChI is InChI=1S/C16H17ClN4O3S/c17-15-19-13(11-14(20-15)21-7-9-24-10-8-21)16(3-4-16)25(22,23)12-1-5-18-6-2-12/h1-2,5-6,11H,3-4,7-10H2. The average molecular weight is 381 g/mol. The number of nitrogens with zero attached hydrogens (tertiary/aromatic N) is 4. The van der Waals surface area contributed by atoms with E-state index in [1.54, 1.807) is 6.07 Å². The Kier molecular flexibility index (Phi) is 4.13. The number of sulfone groups is 1. The molecule has 3 heterocycles. The largest absolute Gasteiger partial charge is 0.378 e. The van der Waals surface area contributed by atoms with Crippen molar-refractivity contribution in [3.05, 3.63) is 41.6 Å². The van der Waals surface area contributed by atoms with Gasteiger partial charge in [0.1, 0.15) is 10.6 Å². The number of halogens is 1. The number of hydrogen-bond donors (Lipinski definition) is 0. The third kappa shape index (κ3) is 2.88. The Morgan fingerprint density at radius 2 is 1.80 bits per heavy atom. The molecular weight excluding hydrogens is 364 g/mol. The number of aromatic nitrogens is 3. The van der Waals surface area contributed by atoms with E-state index in [1.807, 2.05) is 4.90 Å². The van der Waals surface area contributed by atoms with Gasteiger partial charge in [-0.3, -0.25) is 4.98 Å². The molecule has 1 aliphatic heterocycles. The molecule has 2 aromatic heterocycles. The van der Waals surface area contributed by atoms with Gasteiger partial charge < -0.3 is 9.64 Å². The molecule has 0 aromatic carbocycles. The van der Waals surface area contributed by atoms with Gasteiger partial charge >= 0.3 is 0 Å². The molecule has 2 aromatic rings. The van der Waals surface area contributed by atoms with Gasteiger partial charge in [0.05, 0.1) is 23.8 Å². The molecule has 0 bridgehead atoms. The first-order valence-corrected chi connectivity index (χ1v) is 9.91. The molecular formula is C16H17ClN4O3S. The molecule has 1 aliphatic carbocycles. The summed E-state index contributed by atoms with van der Waals surface area (Å²) < 4.78 is 30.6. The van der Waals surface area contributed by atoms with Crippen LogP contribution < -0.4 is 4.90 Å². The van der Waals surface area contributed by atoms with Gasteiger partial charge in [0, 0.05) is 31.5 Å². The van der Waals surface area contributed by atoms with Gasteiger partial charge in [0.2, 0.25) is 5.28 Å². The third-order valence-electron chi connectivity index (χ3n) is 4.67. The molecule has 2 fully saturated rings. The molecule has 0 amide bonds. The van der Waals surface area contributed by atoms with Gasteiger partial charge in [-0.15, -0.1) is 0 Å². The van der Waals surface area contributed by atoms with E-state index in [0.717, 1.165) is 0 Å². The predicted molar refractivity (Wildman–Crippen MR) is 92.4 cm³/mol. The normalized spacial score (nSPS) is 19.6. The lowest BCUT2D eigenvalue weighted by Crippen LogP contribution is -2.37. The van der Waals surface area contributed by atoms with Gasteiger partial charge in [-0.1, -0.05) is 0 Å². The van der Waals surface area contributed by atoms with E-state index >= 15 is 0 Å². The number of hydrogen-bond acceptors (Lipinski definition) is 7. The first kappa shape index (κ1) is 16.7. The van der Waals surface area contributed by atoms with E-state index in [0.29, 0.717) is 50.7 Å². The Morgan fingerprint density at radius 3 is 2.44 bits per heavy atom. The van der Waals surface area contributed by atoms with Crippen molar-refractivity contribution < 1.29 is 13.2 Å². The summed E-state index contributed by atoms with van der Waals surface area (Å²) in [5.41, 5.74) is 0.464. The Labute approximate surface area is 150 Å². The van der Waals surface area contributed by atoms with Gasteiger partial charge in [-0.05, 0) is 36.6 Å². The second kappa shape index (κ2) is 6.19. The number of rotatable bonds is 4. The number of ether oxygens (including phenoxy) is 1. The fraction of sp³-hybridized carbons (Fsp3) is 0.438. The van der Waals surface area contributed by atoms with E-state index in [9.17, 15) is 8.42 Å². The van der Waals surface area contributed by atoms with Gasteiger partial charge in [0.25, 0.3) is 0 Å². The smallest absolute Gasteiger partial charge is 0.224 e. The van der Waals surface area contributed by atoms with Crippen molar-refractivity contribution in [2.75, 3.05) is 31.2 Å². The minimum atomic E-state index is -3.58. The highest BCUT2D eigenvalue weighted by atomic mass is 35.5. The summed E-state index contributed by atoms with van der Waals surface area (Å²) in [7, 11) is -3.58. The fourth-order valence-electron chi connectivity index (χ4n) is 3.11. The van der Waals surface area contributed by atoms with Crippen molar-refractivity contribution in [1.82, 2.24) is 15.0 Å². The van der Waals surface area contributed by atoms with Crippen LogP contribution in [0.25, 0.3) is 0 Å². The van der Waals surface area contributed by atoms with Crippen molar-refractivity contribution in [3.63, 3.8) is 0 Å². The zero-order valence-electron chi connectivity index (χ0n) is 13.4. The molecule has 2 aliphatic rings. The van der Waals surface area contributed by atoms with Crippen LogP contribution in [0.2, 0.25) is 5.28 Å². The minimum absolute atomic E-state index is 0.0650. The molecule has 1 saturated heterocycles. The topological polar surface area (TPSA) is 85.3 Å². The fourth-order valence-corrected chi connectivity index (χ4v) is 5.24. The van der Waals surface area contributed by atoms with Crippen LogP contribution in [-0.2, 0) is 19.3 Å². The Hall–Kier alpha value is -1.77. The highest BCUT2D eigenvalue weighted by molar-refractivity contribution is 7.92.